The Kier molecular flexibility index (Phi) is 3.31. The number of carbonyl (C=O) groups excluding carboxylic acids is 1. The van der Waals surface area contributed by atoms with E-state index in [0.29, 0.717) is 10.0 Å². The van der Waals surface area contributed by atoms with Gasteiger partial charge in [-0.1, -0.05) is 23.2 Å². The van der Waals surface area contributed by atoms with Crippen LogP contribution in [0.25, 0.3) is 10.9 Å². The maximum atomic E-state index is 11.5. The molecule has 2 aromatic rings. The highest BCUT2D eigenvalue weighted by Gasteiger charge is 2.17. The first-order valence-corrected chi connectivity index (χ1v) is 5.83. The van der Waals surface area contributed by atoms with Crippen LogP contribution in [-0.2, 0) is 9.53 Å². The summed E-state index contributed by atoms with van der Waals surface area (Å²) >= 11 is 12.0. The molecule has 1 atom stereocenters. The number of methoxy groups -OCH3 is 1. The molecule has 0 aliphatic heterocycles. The average Bonchev–Trinajstić information content (AvgIpc) is 2.70. The third-order valence-electron chi connectivity index (χ3n) is 2.71. The lowest BCUT2D eigenvalue weighted by molar-refractivity contribution is -0.143. The Hall–Kier alpha value is -1.19. The first-order valence-electron chi connectivity index (χ1n) is 5.08. The first-order chi connectivity index (χ1) is 8.04. The molecule has 1 heterocycles. The van der Waals surface area contributed by atoms with E-state index in [1.54, 1.807) is 29.8 Å². The van der Waals surface area contributed by atoms with Crippen molar-refractivity contribution < 1.29 is 9.53 Å². The summed E-state index contributed by atoms with van der Waals surface area (Å²) in [5.41, 5.74) is 0.820. The maximum Gasteiger partial charge on any atom is 0.328 e. The van der Waals surface area contributed by atoms with Crippen LogP contribution in [-0.4, -0.2) is 17.6 Å². The van der Waals surface area contributed by atoms with Gasteiger partial charge in [0.2, 0.25) is 0 Å². The fourth-order valence-electron chi connectivity index (χ4n) is 1.81. The Morgan fingerprint density at radius 2 is 2.12 bits per heavy atom. The number of rotatable bonds is 2. The van der Waals surface area contributed by atoms with Gasteiger partial charge in [-0.25, -0.2) is 4.79 Å². The van der Waals surface area contributed by atoms with E-state index in [9.17, 15) is 4.79 Å². The predicted molar refractivity (Wildman–Crippen MR) is 68.7 cm³/mol. The minimum absolute atomic E-state index is 0.307. The van der Waals surface area contributed by atoms with E-state index in [4.69, 9.17) is 27.9 Å². The molecule has 0 bridgehead atoms. The molecule has 2 rings (SSSR count). The van der Waals surface area contributed by atoms with E-state index in [0.717, 1.165) is 10.9 Å². The van der Waals surface area contributed by atoms with Gasteiger partial charge in [0.1, 0.15) is 6.04 Å². The number of esters is 1. The summed E-state index contributed by atoms with van der Waals surface area (Å²) in [5.74, 6) is -0.307. The molecule has 0 aliphatic carbocycles. The number of fused-ring (bicyclic) bond motifs is 1. The normalized spacial score (nSPS) is 12.7. The highest BCUT2D eigenvalue weighted by molar-refractivity contribution is 6.38. The van der Waals surface area contributed by atoms with Gasteiger partial charge in [-0.05, 0) is 25.1 Å². The highest BCUT2D eigenvalue weighted by Crippen LogP contribution is 2.30. The number of aromatic nitrogens is 1. The van der Waals surface area contributed by atoms with Gasteiger partial charge in [-0.2, -0.15) is 0 Å². The number of ether oxygens (including phenoxy) is 1. The molecule has 0 saturated heterocycles. The van der Waals surface area contributed by atoms with Crippen molar-refractivity contribution in [2.45, 2.75) is 13.0 Å². The number of hydrogen-bond donors (Lipinski definition) is 0. The molecule has 0 aliphatic rings. The largest absolute Gasteiger partial charge is 0.467 e. The second-order valence-corrected chi connectivity index (χ2v) is 4.59. The lowest BCUT2D eigenvalue weighted by Gasteiger charge is -2.13. The summed E-state index contributed by atoms with van der Waals surface area (Å²) in [4.78, 5) is 11.5. The summed E-state index contributed by atoms with van der Waals surface area (Å²) < 4.78 is 6.51. The topological polar surface area (TPSA) is 31.2 Å². The van der Waals surface area contributed by atoms with Crippen molar-refractivity contribution in [2.75, 3.05) is 7.11 Å². The van der Waals surface area contributed by atoms with Crippen LogP contribution in [0.15, 0.2) is 24.4 Å². The second-order valence-electron chi connectivity index (χ2n) is 3.74. The van der Waals surface area contributed by atoms with E-state index in [2.05, 4.69) is 0 Å². The van der Waals surface area contributed by atoms with E-state index in [-0.39, 0.29) is 5.97 Å². The molecular formula is C12H11Cl2NO2. The monoisotopic (exact) mass is 271 g/mol. The van der Waals surface area contributed by atoms with E-state index in [1.165, 1.54) is 7.11 Å². The van der Waals surface area contributed by atoms with E-state index < -0.39 is 6.04 Å². The zero-order valence-corrected chi connectivity index (χ0v) is 10.9. The van der Waals surface area contributed by atoms with Gasteiger partial charge in [0.05, 0.1) is 17.6 Å². The van der Waals surface area contributed by atoms with Crippen LogP contribution in [0.4, 0.5) is 0 Å². The van der Waals surface area contributed by atoms with Crippen molar-refractivity contribution in [2.24, 2.45) is 0 Å². The molecule has 0 spiro atoms. The summed E-state index contributed by atoms with van der Waals surface area (Å²) in [6.45, 7) is 1.76. The smallest absolute Gasteiger partial charge is 0.328 e. The van der Waals surface area contributed by atoms with Crippen LogP contribution >= 0.6 is 23.2 Å². The highest BCUT2D eigenvalue weighted by atomic mass is 35.5. The number of halogens is 2. The first kappa shape index (κ1) is 12.3. The van der Waals surface area contributed by atoms with Gasteiger partial charge in [0, 0.05) is 16.6 Å². The molecular weight excluding hydrogens is 261 g/mol. The quantitative estimate of drug-likeness (QED) is 0.781. The van der Waals surface area contributed by atoms with Gasteiger partial charge in [0.15, 0.2) is 0 Å². The lowest BCUT2D eigenvalue weighted by atomic mass is 10.2. The van der Waals surface area contributed by atoms with E-state index >= 15 is 0 Å². The summed E-state index contributed by atoms with van der Waals surface area (Å²) in [6.07, 6.45) is 1.80. The van der Waals surface area contributed by atoms with Gasteiger partial charge < -0.3 is 9.30 Å². The van der Waals surface area contributed by atoms with Gasteiger partial charge in [-0.3, -0.25) is 0 Å². The number of hydrogen-bond acceptors (Lipinski definition) is 2. The molecule has 17 heavy (non-hydrogen) atoms. The van der Waals surface area contributed by atoms with Gasteiger partial charge in [0.25, 0.3) is 0 Å². The molecule has 0 saturated carbocycles. The van der Waals surface area contributed by atoms with Gasteiger partial charge >= 0.3 is 5.97 Å². The molecule has 1 aromatic carbocycles. The Morgan fingerprint density at radius 3 is 2.76 bits per heavy atom. The van der Waals surface area contributed by atoms with Crippen molar-refractivity contribution in [3.63, 3.8) is 0 Å². The predicted octanol–water partition coefficient (Wildman–Crippen LogP) is 3.68. The van der Waals surface area contributed by atoms with Crippen LogP contribution in [0.5, 0.6) is 0 Å². The average molecular weight is 272 g/mol. The molecule has 1 aromatic heterocycles. The minimum atomic E-state index is -0.410. The molecule has 0 radical (unpaired) electrons. The Labute approximate surface area is 109 Å². The third-order valence-corrected chi connectivity index (χ3v) is 3.24. The standard InChI is InChI=1S/C12H11Cl2NO2/c1-7(12(16)17-2)15-4-3-9-10(14)5-8(13)6-11(9)15/h3-7H,1-2H3/t7-/m0/s1. The van der Waals surface area contributed by atoms with Crippen LogP contribution in [0.1, 0.15) is 13.0 Å². The summed E-state index contributed by atoms with van der Waals surface area (Å²) in [7, 11) is 1.37. The molecule has 3 nitrogen and oxygen atoms in total. The van der Waals surface area contributed by atoms with Gasteiger partial charge in [-0.15, -0.1) is 0 Å². The molecule has 0 unspecified atom stereocenters. The van der Waals surface area contributed by atoms with E-state index in [1.807, 2.05) is 6.07 Å². The van der Waals surface area contributed by atoms with Crippen molar-refractivity contribution in [1.29, 1.82) is 0 Å². The molecule has 0 amide bonds. The number of nitrogens with zero attached hydrogens (tertiary/aromatic N) is 1. The van der Waals surface area contributed by atoms with Crippen LogP contribution in [0.2, 0.25) is 10.0 Å². The zero-order chi connectivity index (χ0) is 12.6. The second kappa shape index (κ2) is 4.59. The summed E-state index contributed by atoms with van der Waals surface area (Å²) in [5, 5.41) is 1.98. The minimum Gasteiger partial charge on any atom is -0.467 e. The molecule has 0 N–H and O–H groups in total. The Morgan fingerprint density at radius 1 is 1.41 bits per heavy atom. The zero-order valence-electron chi connectivity index (χ0n) is 9.41. The van der Waals surface area contributed by atoms with Crippen LogP contribution in [0.3, 0.4) is 0 Å². The fourth-order valence-corrected chi connectivity index (χ4v) is 2.35. The van der Waals surface area contributed by atoms with Crippen molar-refractivity contribution >= 4 is 40.1 Å². The maximum absolute atomic E-state index is 11.5. The molecule has 5 heteroatoms. The van der Waals surface area contributed by atoms with Crippen molar-refractivity contribution in [3.05, 3.63) is 34.4 Å². The summed E-state index contributed by atoms with van der Waals surface area (Å²) in [6, 6.07) is 4.90. The van der Waals surface area contributed by atoms with Crippen LogP contribution < -0.4 is 0 Å². The fraction of sp³-hybridized carbons (Fsp3) is 0.250. The van der Waals surface area contributed by atoms with Crippen molar-refractivity contribution in [3.8, 4) is 0 Å². The third kappa shape index (κ3) is 2.13. The molecule has 0 fully saturated rings. The molecule has 90 valence electrons. The SMILES string of the molecule is COC(=O)[C@H](C)n1ccc2c(Cl)cc(Cl)cc21. The Balaban J connectivity index is 2.60. The van der Waals surface area contributed by atoms with Crippen molar-refractivity contribution in [1.82, 2.24) is 4.57 Å². The van der Waals surface area contributed by atoms with Crippen LogP contribution in [0, 0.1) is 0 Å². The number of benzene rings is 1. The number of carbonyl (C=O) groups is 1. The Bertz CT molecular complexity index is 577. The lowest BCUT2D eigenvalue weighted by Crippen LogP contribution is -2.16.